The Morgan fingerprint density at radius 2 is 1.57 bits per heavy atom. The molecule has 1 atom stereocenters. The molecule has 0 aliphatic rings. The maximum atomic E-state index is 11.8. The average molecular weight is 304 g/mol. The van der Waals surface area contributed by atoms with Crippen molar-refractivity contribution >= 4 is 23.9 Å². The first-order chi connectivity index (χ1) is 9.81. The van der Waals surface area contributed by atoms with Gasteiger partial charge in [-0.15, -0.1) is 0 Å². The van der Waals surface area contributed by atoms with Crippen molar-refractivity contribution < 1.29 is 33.8 Å². The number of esters is 2. The molecule has 0 spiro atoms. The molecule has 1 unspecified atom stereocenters. The minimum atomic E-state index is -0.967. The third-order valence-corrected chi connectivity index (χ3v) is 2.66. The highest BCUT2D eigenvalue weighted by Crippen LogP contribution is 2.00. The molecule has 0 saturated carbocycles. The second-order valence-corrected chi connectivity index (χ2v) is 4.27. The minimum absolute atomic E-state index is 0.102. The predicted molar refractivity (Wildman–Crippen MR) is 70.4 cm³/mol. The molecule has 0 rings (SSSR count). The SMILES string of the molecule is COC(=O)CN(CC(=O)OC)C(=O)NCCC(C)C(=O)O. The zero-order valence-electron chi connectivity index (χ0n) is 12.2. The Labute approximate surface area is 122 Å². The van der Waals surface area contributed by atoms with Gasteiger partial charge in [0.05, 0.1) is 20.1 Å². The lowest BCUT2D eigenvalue weighted by atomic mass is 10.1. The Balaban J connectivity index is 4.46. The highest BCUT2D eigenvalue weighted by atomic mass is 16.5. The lowest BCUT2D eigenvalue weighted by Gasteiger charge is -2.20. The summed E-state index contributed by atoms with van der Waals surface area (Å²) in [6.45, 7) is 0.790. The van der Waals surface area contributed by atoms with Gasteiger partial charge in [-0.05, 0) is 6.42 Å². The number of methoxy groups -OCH3 is 2. The number of carboxylic acids is 1. The number of carbonyl (C=O) groups is 4. The van der Waals surface area contributed by atoms with Crippen molar-refractivity contribution in [2.24, 2.45) is 5.92 Å². The molecular formula is C12H20N2O7. The Hall–Kier alpha value is -2.32. The standard InChI is InChI=1S/C12H20N2O7/c1-8(11(17)18)4-5-13-12(19)14(6-9(15)20-2)7-10(16)21-3/h8H,4-7H2,1-3H3,(H,13,19)(H,17,18). The fraction of sp³-hybridized carbons (Fsp3) is 0.667. The lowest BCUT2D eigenvalue weighted by molar-refractivity contribution is -0.144. The van der Waals surface area contributed by atoms with Gasteiger partial charge in [-0.3, -0.25) is 14.4 Å². The van der Waals surface area contributed by atoms with Crippen molar-refractivity contribution in [2.45, 2.75) is 13.3 Å². The van der Waals surface area contributed by atoms with Crippen molar-refractivity contribution in [2.75, 3.05) is 33.9 Å². The van der Waals surface area contributed by atoms with Crippen molar-refractivity contribution in [3.8, 4) is 0 Å². The van der Waals surface area contributed by atoms with Crippen LogP contribution in [0.3, 0.4) is 0 Å². The smallest absolute Gasteiger partial charge is 0.325 e. The van der Waals surface area contributed by atoms with E-state index in [-0.39, 0.29) is 13.0 Å². The number of carboxylic acid groups (broad SMARTS) is 1. The molecule has 9 heteroatoms. The highest BCUT2D eigenvalue weighted by molar-refractivity contribution is 5.85. The van der Waals surface area contributed by atoms with E-state index in [0.717, 1.165) is 19.1 Å². The average Bonchev–Trinajstić information content (AvgIpc) is 2.45. The summed E-state index contributed by atoms with van der Waals surface area (Å²) >= 11 is 0. The zero-order chi connectivity index (χ0) is 16.4. The van der Waals surface area contributed by atoms with Gasteiger partial charge < -0.3 is 24.8 Å². The highest BCUT2D eigenvalue weighted by Gasteiger charge is 2.21. The second-order valence-electron chi connectivity index (χ2n) is 4.27. The van der Waals surface area contributed by atoms with Crippen molar-refractivity contribution in [3.05, 3.63) is 0 Å². The molecule has 0 saturated heterocycles. The normalized spacial score (nSPS) is 11.2. The monoisotopic (exact) mass is 304 g/mol. The quantitative estimate of drug-likeness (QED) is 0.577. The summed E-state index contributed by atoms with van der Waals surface area (Å²) in [5, 5.41) is 11.1. The van der Waals surface area contributed by atoms with E-state index in [4.69, 9.17) is 5.11 Å². The number of hydrogen-bond acceptors (Lipinski definition) is 6. The molecule has 0 aromatic rings. The van der Waals surface area contributed by atoms with Crippen LogP contribution in [0.2, 0.25) is 0 Å². The Morgan fingerprint density at radius 1 is 1.10 bits per heavy atom. The number of urea groups is 1. The first kappa shape index (κ1) is 18.7. The summed E-state index contributed by atoms with van der Waals surface area (Å²) in [5.74, 6) is -2.95. The van der Waals surface area contributed by atoms with Gasteiger partial charge >= 0.3 is 23.9 Å². The van der Waals surface area contributed by atoms with Gasteiger partial charge in [0, 0.05) is 6.54 Å². The summed E-state index contributed by atoms with van der Waals surface area (Å²) in [6.07, 6.45) is 0.228. The van der Waals surface area contributed by atoms with Crippen molar-refractivity contribution in [1.29, 1.82) is 0 Å². The van der Waals surface area contributed by atoms with E-state index in [1.165, 1.54) is 6.92 Å². The van der Waals surface area contributed by atoms with E-state index in [9.17, 15) is 19.2 Å². The van der Waals surface area contributed by atoms with E-state index >= 15 is 0 Å². The third-order valence-electron chi connectivity index (χ3n) is 2.66. The second kappa shape index (κ2) is 9.56. The minimum Gasteiger partial charge on any atom is -0.481 e. The number of nitrogens with zero attached hydrogens (tertiary/aromatic N) is 1. The molecule has 2 amide bonds. The summed E-state index contributed by atoms with van der Waals surface area (Å²) in [7, 11) is 2.32. The van der Waals surface area contributed by atoms with Crippen LogP contribution in [0, 0.1) is 5.92 Å². The molecule has 0 aliphatic carbocycles. The van der Waals surface area contributed by atoms with Crippen LogP contribution in [0.1, 0.15) is 13.3 Å². The Morgan fingerprint density at radius 3 is 1.95 bits per heavy atom. The summed E-state index contributed by atoms with van der Waals surface area (Å²) in [6, 6.07) is -0.677. The predicted octanol–water partition coefficient (Wildman–Crippen LogP) is -0.545. The van der Waals surface area contributed by atoms with Crippen LogP contribution in [0.15, 0.2) is 0 Å². The van der Waals surface area contributed by atoms with Gasteiger partial charge in [-0.2, -0.15) is 0 Å². The molecule has 0 radical (unpaired) electrons. The van der Waals surface area contributed by atoms with Crippen LogP contribution in [-0.4, -0.2) is 67.8 Å². The van der Waals surface area contributed by atoms with Crippen LogP contribution in [0.25, 0.3) is 0 Å². The largest absolute Gasteiger partial charge is 0.481 e. The van der Waals surface area contributed by atoms with Gasteiger partial charge in [0.15, 0.2) is 0 Å². The molecule has 0 heterocycles. The maximum absolute atomic E-state index is 11.8. The van der Waals surface area contributed by atoms with Crippen LogP contribution in [-0.2, 0) is 23.9 Å². The van der Waals surface area contributed by atoms with E-state index in [1.54, 1.807) is 0 Å². The molecular weight excluding hydrogens is 284 g/mol. The number of nitrogens with one attached hydrogen (secondary N) is 1. The van der Waals surface area contributed by atoms with Gasteiger partial charge in [-0.25, -0.2) is 4.79 Å². The van der Waals surface area contributed by atoms with Gasteiger partial charge in [-0.1, -0.05) is 6.92 Å². The number of aliphatic carboxylic acids is 1. The lowest BCUT2D eigenvalue weighted by Crippen LogP contribution is -2.46. The third kappa shape index (κ3) is 7.75. The fourth-order valence-electron chi connectivity index (χ4n) is 1.27. The molecule has 0 aromatic heterocycles. The topological polar surface area (TPSA) is 122 Å². The summed E-state index contributed by atoms with van der Waals surface area (Å²) in [4.78, 5) is 45.8. The Bertz CT molecular complexity index is 379. The molecule has 0 bridgehead atoms. The first-order valence-corrected chi connectivity index (χ1v) is 6.21. The van der Waals surface area contributed by atoms with E-state index in [0.29, 0.717) is 0 Å². The molecule has 9 nitrogen and oxygen atoms in total. The van der Waals surface area contributed by atoms with Gasteiger partial charge in [0.1, 0.15) is 13.1 Å². The van der Waals surface area contributed by atoms with E-state index in [1.807, 2.05) is 0 Å². The molecule has 0 aromatic carbocycles. The molecule has 0 aliphatic heterocycles. The van der Waals surface area contributed by atoms with Crippen molar-refractivity contribution in [3.63, 3.8) is 0 Å². The number of hydrogen-bond donors (Lipinski definition) is 2. The summed E-state index contributed by atoms with van der Waals surface area (Å²) in [5.41, 5.74) is 0. The van der Waals surface area contributed by atoms with Crippen LogP contribution < -0.4 is 5.32 Å². The zero-order valence-corrected chi connectivity index (χ0v) is 12.2. The molecule has 0 fully saturated rings. The van der Waals surface area contributed by atoms with Gasteiger partial charge in [0.2, 0.25) is 0 Å². The fourth-order valence-corrected chi connectivity index (χ4v) is 1.27. The number of amides is 2. The molecule has 21 heavy (non-hydrogen) atoms. The first-order valence-electron chi connectivity index (χ1n) is 6.21. The molecule has 2 N–H and O–H groups in total. The maximum Gasteiger partial charge on any atom is 0.325 e. The Kier molecular flexibility index (Phi) is 8.51. The van der Waals surface area contributed by atoms with Crippen LogP contribution >= 0.6 is 0 Å². The summed E-state index contributed by atoms with van der Waals surface area (Å²) < 4.78 is 8.86. The van der Waals surface area contributed by atoms with Crippen LogP contribution in [0.4, 0.5) is 4.79 Å². The van der Waals surface area contributed by atoms with E-state index < -0.39 is 42.9 Å². The molecule has 120 valence electrons. The number of carbonyl (C=O) groups excluding carboxylic acids is 3. The number of rotatable bonds is 8. The van der Waals surface area contributed by atoms with Gasteiger partial charge in [0.25, 0.3) is 0 Å². The van der Waals surface area contributed by atoms with E-state index in [2.05, 4.69) is 14.8 Å². The van der Waals surface area contributed by atoms with Crippen LogP contribution in [0.5, 0.6) is 0 Å². The van der Waals surface area contributed by atoms with Crippen molar-refractivity contribution in [1.82, 2.24) is 10.2 Å². The number of ether oxygens (including phenoxy) is 2.